The standard InChI is InChI=1S/C29H35F4NO4S/c1-26-16-23(17-5-9-20(10-6-17)39(37,38)34(3)4)25-21-12-8-19(35)15-18(21)7-11-22(25)24(26)13-14-28(26,36)27(2,30)29(31,32)33/h5-6,9-10,15,22-24,36H,7-8,11-14,16H2,1-4H3/t22?,23?,24?,26?,27?,28-/m0/s1. The zero-order chi connectivity index (χ0) is 28.8. The van der Waals surface area contributed by atoms with Crippen molar-refractivity contribution in [2.45, 2.75) is 87.1 Å². The van der Waals surface area contributed by atoms with Crippen LogP contribution in [-0.2, 0) is 14.8 Å². The Balaban J connectivity index is 1.68. The van der Waals surface area contributed by atoms with Crippen molar-refractivity contribution in [3.05, 3.63) is 52.6 Å². The Kier molecular flexibility index (Phi) is 6.56. The SMILES string of the molecule is CN(C)S(=O)(=O)c1ccc(C2CC3(C)C(CC[C@@]3(O)C(C)(F)C(F)(F)F)C3CCC4=CC(=O)CCC4=C23)cc1. The largest absolute Gasteiger partial charge is 0.425 e. The summed E-state index contributed by atoms with van der Waals surface area (Å²) < 4.78 is 84.3. The number of halogens is 4. The van der Waals surface area contributed by atoms with E-state index in [1.807, 2.05) is 0 Å². The molecule has 0 saturated heterocycles. The van der Waals surface area contributed by atoms with Gasteiger partial charge in [0.05, 0.1) is 4.90 Å². The van der Waals surface area contributed by atoms with E-state index in [2.05, 4.69) is 0 Å². The first-order valence-corrected chi connectivity index (χ1v) is 14.9. The van der Waals surface area contributed by atoms with Gasteiger partial charge in [0.15, 0.2) is 5.78 Å². The second-order valence-corrected chi connectivity index (χ2v) is 14.4. The van der Waals surface area contributed by atoms with Crippen molar-refractivity contribution in [3.8, 4) is 0 Å². The number of hydrogen-bond acceptors (Lipinski definition) is 4. The smallest absolute Gasteiger partial charge is 0.386 e. The van der Waals surface area contributed by atoms with Crippen LogP contribution in [0.3, 0.4) is 0 Å². The van der Waals surface area contributed by atoms with Gasteiger partial charge in [-0.1, -0.05) is 24.6 Å². The first-order valence-electron chi connectivity index (χ1n) is 13.4. The van der Waals surface area contributed by atoms with Gasteiger partial charge in [-0.3, -0.25) is 4.79 Å². The highest BCUT2D eigenvalue weighted by Gasteiger charge is 2.75. The number of hydrogen-bond donors (Lipinski definition) is 1. The molecule has 5 unspecified atom stereocenters. The van der Waals surface area contributed by atoms with E-state index in [0.717, 1.165) is 21.0 Å². The summed E-state index contributed by atoms with van der Waals surface area (Å²) >= 11 is 0. The molecule has 2 fully saturated rings. The maximum absolute atomic E-state index is 15.7. The van der Waals surface area contributed by atoms with E-state index in [0.29, 0.717) is 38.2 Å². The zero-order valence-corrected chi connectivity index (χ0v) is 23.4. The average molecular weight is 570 g/mol. The van der Waals surface area contributed by atoms with E-state index in [9.17, 15) is 31.5 Å². The predicted molar refractivity (Wildman–Crippen MR) is 138 cm³/mol. The molecule has 0 bridgehead atoms. The van der Waals surface area contributed by atoms with Crippen LogP contribution in [0, 0.1) is 17.3 Å². The molecule has 4 aliphatic carbocycles. The summed E-state index contributed by atoms with van der Waals surface area (Å²) in [5.41, 5.74) is -4.04. The predicted octanol–water partition coefficient (Wildman–Crippen LogP) is 5.86. The fraction of sp³-hybridized carbons (Fsp3) is 0.621. The third kappa shape index (κ3) is 3.99. The topological polar surface area (TPSA) is 74.7 Å². The fourth-order valence-corrected chi connectivity index (χ4v) is 8.95. The molecule has 10 heteroatoms. The second-order valence-electron chi connectivity index (χ2n) is 12.3. The highest BCUT2D eigenvalue weighted by atomic mass is 32.2. The summed E-state index contributed by atoms with van der Waals surface area (Å²) in [6, 6.07) is 6.32. The summed E-state index contributed by atoms with van der Waals surface area (Å²) in [5, 5.41) is 11.7. The maximum Gasteiger partial charge on any atom is 0.425 e. The Morgan fingerprint density at radius 1 is 1.03 bits per heavy atom. The van der Waals surface area contributed by atoms with Crippen LogP contribution in [0.1, 0.15) is 70.3 Å². The Morgan fingerprint density at radius 2 is 1.67 bits per heavy atom. The van der Waals surface area contributed by atoms with Crippen molar-refractivity contribution in [2.24, 2.45) is 17.3 Å². The molecule has 2 saturated carbocycles. The lowest BCUT2D eigenvalue weighted by atomic mass is 9.49. The number of rotatable bonds is 4. The number of aliphatic hydroxyl groups is 1. The monoisotopic (exact) mass is 569 g/mol. The Labute approximate surface area is 227 Å². The molecule has 0 aliphatic heterocycles. The van der Waals surface area contributed by atoms with Crippen LogP contribution in [0.2, 0.25) is 0 Å². The molecule has 5 nitrogen and oxygen atoms in total. The number of fused-ring (bicyclic) bond motifs is 4. The minimum atomic E-state index is -5.25. The second kappa shape index (κ2) is 8.98. The third-order valence-corrected chi connectivity index (χ3v) is 12.1. The summed E-state index contributed by atoms with van der Waals surface area (Å²) in [4.78, 5) is 12.3. The van der Waals surface area contributed by atoms with Crippen molar-refractivity contribution in [2.75, 3.05) is 14.1 Å². The fourth-order valence-electron chi connectivity index (χ4n) is 8.05. The van der Waals surface area contributed by atoms with Gasteiger partial charge in [-0.05, 0) is 92.2 Å². The molecule has 5 rings (SSSR count). The summed E-state index contributed by atoms with van der Waals surface area (Å²) in [6.07, 6.45) is -1.41. The highest BCUT2D eigenvalue weighted by Crippen LogP contribution is 2.70. The van der Waals surface area contributed by atoms with Crippen LogP contribution < -0.4 is 0 Å². The number of alkyl halides is 4. The molecular weight excluding hydrogens is 534 g/mol. The molecule has 1 N–H and O–H groups in total. The summed E-state index contributed by atoms with van der Waals surface area (Å²) in [7, 11) is -0.836. The normalized spacial score (nSPS) is 34.8. The average Bonchev–Trinajstić information content (AvgIpc) is 3.14. The lowest BCUT2D eigenvalue weighted by Gasteiger charge is -2.57. The van der Waals surface area contributed by atoms with Gasteiger partial charge in [0, 0.05) is 31.8 Å². The molecule has 1 aromatic rings. The van der Waals surface area contributed by atoms with Crippen LogP contribution in [0.5, 0.6) is 0 Å². The number of allylic oxidation sites excluding steroid dienone is 4. The van der Waals surface area contributed by atoms with Gasteiger partial charge in [0.25, 0.3) is 0 Å². The van der Waals surface area contributed by atoms with Crippen LogP contribution in [0.25, 0.3) is 0 Å². The van der Waals surface area contributed by atoms with Crippen molar-refractivity contribution < 1.29 is 35.9 Å². The Hall–Kier alpha value is -2.04. The Morgan fingerprint density at radius 3 is 2.26 bits per heavy atom. The van der Waals surface area contributed by atoms with Gasteiger partial charge in [-0.15, -0.1) is 0 Å². The van der Waals surface area contributed by atoms with Gasteiger partial charge in [0.1, 0.15) is 5.60 Å². The molecule has 0 amide bonds. The van der Waals surface area contributed by atoms with E-state index in [1.54, 1.807) is 25.1 Å². The number of sulfonamides is 1. The van der Waals surface area contributed by atoms with Gasteiger partial charge < -0.3 is 5.11 Å². The molecule has 4 aliphatic rings. The van der Waals surface area contributed by atoms with E-state index >= 15 is 4.39 Å². The number of benzene rings is 1. The molecule has 0 radical (unpaired) electrons. The Bertz CT molecular complexity index is 1360. The maximum atomic E-state index is 15.7. The molecule has 6 atom stereocenters. The molecule has 39 heavy (non-hydrogen) atoms. The first-order chi connectivity index (χ1) is 18.0. The van der Waals surface area contributed by atoms with E-state index in [-0.39, 0.29) is 41.8 Å². The van der Waals surface area contributed by atoms with E-state index in [4.69, 9.17) is 0 Å². The lowest BCUT2D eigenvalue weighted by molar-refractivity contribution is -0.306. The third-order valence-electron chi connectivity index (χ3n) is 10.3. The van der Waals surface area contributed by atoms with Crippen LogP contribution in [0.4, 0.5) is 17.6 Å². The summed E-state index contributed by atoms with van der Waals surface area (Å²) in [6.45, 7) is 2.06. The summed E-state index contributed by atoms with van der Waals surface area (Å²) in [5.74, 6) is -0.923. The van der Waals surface area contributed by atoms with Crippen molar-refractivity contribution in [1.82, 2.24) is 4.31 Å². The van der Waals surface area contributed by atoms with Crippen LogP contribution in [0.15, 0.2) is 52.0 Å². The van der Waals surface area contributed by atoms with Crippen molar-refractivity contribution >= 4 is 15.8 Å². The molecule has 0 spiro atoms. The molecule has 0 aromatic heterocycles. The molecule has 0 heterocycles. The van der Waals surface area contributed by atoms with Gasteiger partial charge in [-0.2, -0.15) is 13.2 Å². The minimum absolute atomic E-state index is 0.0526. The van der Waals surface area contributed by atoms with Crippen molar-refractivity contribution in [1.29, 1.82) is 0 Å². The number of ketones is 1. The van der Waals surface area contributed by atoms with Gasteiger partial charge in [0.2, 0.25) is 15.7 Å². The number of carbonyl (C=O) groups is 1. The van der Waals surface area contributed by atoms with Crippen molar-refractivity contribution in [3.63, 3.8) is 0 Å². The number of nitrogens with zero attached hydrogens (tertiary/aromatic N) is 1. The first kappa shape index (κ1) is 28.5. The van der Waals surface area contributed by atoms with Crippen LogP contribution in [-0.4, -0.2) is 55.2 Å². The minimum Gasteiger partial charge on any atom is -0.386 e. The lowest BCUT2D eigenvalue weighted by Crippen LogP contribution is -2.65. The molecule has 214 valence electrons. The molecular formula is C29H35F4NO4S. The van der Waals surface area contributed by atoms with Gasteiger partial charge >= 0.3 is 6.18 Å². The quantitative estimate of drug-likeness (QED) is 0.461. The zero-order valence-electron chi connectivity index (χ0n) is 22.6. The van der Waals surface area contributed by atoms with E-state index < -0.39 is 38.8 Å². The van der Waals surface area contributed by atoms with E-state index in [1.165, 1.54) is 26.2 Å². The van der Waals surface area contributed by atoms with Gasteiger partial charge in [-0.25, -0.2) is 17.1 Å². The number of carbonyl (C=O) groups excluding carboxylic acids is 1. The highest BCUT2D eigenvalue weighted by molar-refractivity contribution is 7.89. The molecule has 1 aromatic carbocycles. The van der Waals surface area contributed by atoms with Crippen LogP contribution >= 0.6 is 0 Å².